The number of benzene rings is 3. The maximum absolute atomic E-state index is 12.7. The monoisotopic (exact) mass is 462 g/mol. The van der Waals surface area contributed by atoms with E-state index in [1.54, 1.807) is 91.0 Å². The molecule has 4 rings (SSSR count). The third-order valence-corrected chi connectivity index (χ3v) is 5.18. The van der Waals surface area contributed by atoms with Crippen molar-refractivity contribution in [2.75, 3.05) is 6.61 Å². The Morgan fingerprint density at radius 2 is 1.06 bits per heavy atom. The minimum absolute atomic E-state index is 0.252. The van der Waals surface area contributed by atoms with Crippen molar-refractivity contribution in [3.8, 4) is 0 Å². The summed E-state index contributed by atoms with van der Waals surface area (Å²) in [5, 5.41) is 10.5. The van der Waals surface area contributed by atoms with Gasteiger partial charge in [-0.2, -0.15) is 0 Å². The van der Waals surface area contributed by atoms with E-state index >= 15 is 0 Å². The molecule has 1 heterocycles. The Balaban J connectivity index is 1.51. The number of esters is 3. The van der Waals surface area contributed by atoms with Gasteiger partial charge in [-0.25, -0.2) is 14.4 Å². The standard InChI is InChI=1S/C26H22O8/c27-23(17-10-4-1-5-11-17)31-16-20-21(33-24(28)18-12-6-2-7-13-18)22(26(30)32-20)34-25(29)19-14-8-3-9-15-19/h1-15,20-22,26,30H,16H2/t20-,21+,22-,26?/m1/s1. The molecule has 3 aromatic rings. The van der Waals surface area contributed by atoms with Crippen LogP contribution in [-0.4, -0.2) is 54.2 Å². The van der Waals surface area contributed by atoms with E-state index in [0.717, 1.165) is 0 Å². The van der Waals surface area contributed by atoms with Crippen LogP contribution < -0.4 is 0 Å². The van der Waals surface area contributed by atoms with Crippen molar-refractivity contribution < 1.29 is 38.4 Å². The number of aliphatic hydroxyl groups excluding tert-OH is 1. The van der Waals surface area contributed by atoms with E-state index in [-0.39, 0.29) is 17.7 Å². The number of rotatable bonds is 7. The van der Waals surface area contributed by atoms with Crippen LogP contribution in [0.15, 0.2) is 91.0 Å². The SMILES string of the molecule is O=C(OC[C@H]1OC(O)[C@H](OC(=O)c2ccccc2)[C@H]1OC(=O)c1ccccc1)c1ccccc1. The van der Waals surface area contributed by atoms with E-state index in [9.17, 15) is 19.5 Å². The van der Waals surface area contributed by atoms with E-state index in [1.807, 2.05) is 0 Å². The predicted octanol–water partition coefficient (Wildman–Crippen LogP) is 3.01. The zero-order valence-electron chi connectivity index (χ0n) is 18.0. The second kappa shape index (κ2) is 10.7. The lowest BCUT2D eigenvalue weighted by Crippen LogP contribution is -2.42. The lowest BCUT2D eigenvalue weighted by atomic mass is 10.1. The minimum Gasteiger partial charge on any atom is -0.459 e. The molecule has 174 valence electrons. The van der Waals surface area contributed by atoms with Crippen LogP contribution in [0.1, 0.15) is 31.1 Å². The molecule has 3 aromatic carbocycles. The van der Waals surface area contributed by atoms with Crippen molar-refractivity contribution in [1.29, 1.82) is 0 Å². The average molecular weight is 462 g/mol. The molecular formula is C26H22O8. The van der Waals surface area contributed by atoms with Gasteiger partial charge < -0.3 is 24.1 Å². The van der Waals surface area contributed by atoms with Crippen molar-refractivity contribution in [2.24, 2.45) is 0 Å². The molecule has 1 unspecified atom stereocenters. The highest BCUT2D eigenvalue weighted by Gasteiger charge is 2.50. The fourth-order valence-electron chi connectivity index (χ4n) is 3.46. The Kier molecular flexibility index (Phi) is 7.31. The predicted molar refractivity (Wildman–Crippen MR) is 119 cm³/mol. The van der Waals surface area contributed by atoms with Crippen molar-refractivity contribution in [1.82, 2.24) is 0 Å². The summed E-state index contributed by atoms with van der Waals surface area (Å²) in [6, 6.07) is 24.7. The van der Waals surface area contributed by atoms with Crippen LogP contribution in [0.4, 0.5) is 0 Å². The first-order valence-electron chi connectivity index (χ1n) is 10.6. The van der Waals surface area contributed by atoms with E-state index in [0.29, 0.717) is 5.56 Å². The van der Waals surface area contributed by atoms with Crippen LogP contribution in [0.25, 0.3) is 0 Å². The van der Waals surface area contributed by atoms with Gasteiger partial charge in [-0.15, -0.1) is 0 Å². The molecule has 1 aliphatic rings. The topological polar surface area (TPSA) is 108 Å². The summed E-state index contributed by atoms with van der Waals surface area (Å²) in [5.74, 6) is -2.05. The van der Waals surface area contributed by atoms with Gasteiger partial charge in [0.05, 0.1) is 16.7 Å². The van der Waals surface area contributed by atoms with Gasteiger partial charge >= 0.3 is 17.9 Å². The summed E-state index contributed by atoms with van der Waals surface area (Å²) in [4.78, 5) is 37.6. The molecule has 0 amide bonds. The average Bonchev–Trinajstić information content (AvgIpc) is 3.17. The number of hydrogen-bond acceptors (Lipinski definition) is 8. The van der Waals surface area contributed by atoms with Gasteiger partial charge in [-0.3, -0.25) is 0 Å². The van der Waals surface area contributed by atoms with E-state index in [4.69, 9.17) is 18.9 Å². The molecular weight excluding hydrogens is 440 g/mol. The van der Waals surface area contributed by atoms with Crippen molar-refractivity contribution >= 4 is 17.9 Å². The number of carbonyl (C=O) groups is 3. The highest BCUT2D eigenvalue weighted by Crippen LogP contribution is 2.28. The Morgan fingerprint density at radius 1 is 0.647 bits per heavy atom. The third-order valence-electron chi connectivity index (χ3n) is 5.18. The van der Waals surface area contributed by atoms with Crippen molar-refractivity contribution in [2.45, 2.75) is 24.6 Å². The second-order valence-corrected chi connectivity index (χ2v) is 7.50. The van der Waals surface area contributed by atoms with Gasteiger partial charge in [0.2, 0.25) is 0 Å². The number of carbonyl (C=O) groups excluding carboxylic acids is 3. The van der Waals surface area contributed by atoms with Gasteiger partial charge in [0.1, 0.15) is 12.7 Å². The molecule has 34 heavy (non-hydrogen) atoms. The first-order valence-corrected chi connectivity index (χ1v) is 10.6. The van der Waals surface area contributed by atoms with E-state index in [2.05, 4.69) is 0 Å². The fourth-order valence-corrected chi connectivity index (χ4v) is 3.46. The molecule has 1 saturated heterocycles. The van der Waals surface area contributed by atoms with Gasteiger partial charge in [0.25, 0.3) is 0 Å². The normalized spacial score (nSPS) is 21.4. The lowest BCUT2D eigenvalue weighted by molar-refractivity contribution is -0.135. The Labute approximate surface area is 195 Å². The first-order chi connectivity index (χ1) is 16.5. The third kappa shape index (κ3) is 5.48. The van der Waals surface area contributed by atoms with Gasteiger partial charge in [-0.1, -0.05) is 54.6 Å². The first kappa shape index (κ1) is 23.2. The molecule has 0 aliphatic carbocycles. The summed E-state index contributed by atoms with van der Waals surface area (Å²) in [6.07, 6.45) is -5.22. The number of hydrogen-bond donors (Lipinski definition) is 1. The molecule has 0 aromatic heterocycles. The summed E-state index contributed by atoms with van der Waals surface area (Å²) in [6.45, 7) is -0.336. The quantitative estimate of drug-likeness (QED) is 0.422. The van der Waals surface area contributed by atoms with Crippen LogP contribution in [-0.2, 0) is 18.9 Å². The maximum Gasteiger partial charge on any atom is 0.338 e. The van der Waals surface area contributed by atoms with Crippen molar-refractivity contribution in [3.05, 3.63) is 108 Å². The molecule has 0 radical (unpaired) electrons. The Morgan fingerprint density at radius 3 is 1.53 bits per heavy atom. The molecule has 8 nitrogen and oxygen atoms in total. The van der Waals surface area contributed by atoms with Crippen molar-refractivity contribution in [3.63, 3.8) is 0 Å². The van der Waals surface area contributed by atoms with Crippen LogP contribution in [0.2, 0.25) is 0 Å². The second-order valence-electron chi connectivity index (χ2n) is 7.50. The fraction of sp³-hybridized carbons (Fsp3) is 0.192. The number of ether oxygens (including phenoxy) is 4. The van der Waals surface area contributed by atoms with E-state index in [1.165, 1.54) is 0 Å². The molecule has 0 bridgehead atoms. The van der Waals surface area contributed by atoms with Gasteiger partial charge in [-0.05, 0) is 36.4 Å². The summed E-state index contributed by atoms with van der Waals surface area (Å²) < 4.78 is 21.8. The Hall–Kier alpha value is -4.01. The molecule has 8 heteroatoms. The lowest BCUT2D eigenvalue weighted by Gasteiger charge is -2.23. The summed E-state index contributed by atoms with van der Waals surface area (Å²) in [7, 11) is 0. The smallest absolute Gasteiger partial charge is 0.338 e. The van der Waals surface area contributed by atoms with Gasteiger partial charge in [0, 0.05) is 0 Å². The molecule has 0 saturated carbocycles. The summed E-state index contributed by atoms with van der Waals surface area (Å²) in [5.41, 5.74) is 0.838. The Bertz CT molecular complexity index is 1120. The summed E-state index contributed by atoms with van der Waals surface area (Å²) >= 11 is 0. The molecule has 0 spiro atoms. The highest BCUT2D eigenvalue weighted by molar-refractivity contribution is 5.90. The molecule has 4 atom stereocenters. The minimum atomic E-state index is -1.60. The number of aliphatic hydroxyl groups is 1. The van der Waals surface area contributed by atoms with Crippen LogP contribution in [0.5, 0.6) is 0 Å². The van der Waals surface area contributed by atoms with Gasteiger partial charge in [0.15, 0.2) is 18.5 Å². The molecule has 1 fully saturated rings. The molecule has 1 aliphatic heterocycles. The highest BCUT2D eigenvalue weighted by atomic mass is 16.7. The zero-order valence-corrected chi connectivity index (χ0v) is 18.0. The largest absolute Gasteiger partial charge is 0.459 e. The zero-order chi connectivity index (χ0) is 23.9. The molecule has 1 N–H and O–H groups in total. The van der Waals surface area contributed by atoms with Crippen LogP contribution >= 0.6 is 0 Å². The maximum atomic E-state index is 12.7. The van der Waals surface area contributed by atoms with E-state index < -0.39 is 42.5 Å². The van der Waals surface area contributed by atoms with Crippen LogP contribution in [0, 0.1) is 0 Å². The van der Waals surface area contributed by atoms with Crippen LogP contribution in [0.3, 0.4) is 0 Å².